The smallest absolute Gasteiger partial charge is 0.341 e. The Hall–Kier alpha value is -1.69. The molecule has 1 saturated heterocycles. The van der Waals surface area contributed by atoms with Crippen molar-refractivity contribution in [2.24, 2.45) is 0 Å². The molecule has 4 nitrogen and oxygen atoms in total. The van der Waals surface area contributed by atoms with E-state index in [1.807, 2.05) is 13.8 Å². The van der Waals surface area contributed by atoms with E-state index >= 15 is 0 Å². The second kappa shape index (κ2) is 4.94. The number of nitrogens with two attached hydrogens (primary N) is 1. The summed E-state index contributed by atoms with van der Waals surface area (Å²) in [6.45, 7) is 7.34. The van der Waals surface area contributed by atoms with E-state index in [1.54, 1.807) is 13.8 Å². The second-order valence-electron chi connectivity index (χ2n) is 6.42. The number of halogens is 2. The Morgan fingerprint density at radius 1 is 1.29 bits per heavy atom. The molecule has 1 aromatic carbocycles. The highest BCUT2D eigenvalue weighted by Gasteiger charge is 2.48. The first-order chi connectivity index (χ1) is 9.52. The van der Waals surface area contributed by atoms with Gasteiger partial charge in [-0.05, 0) is 33.8 Å². The van der Waals surface area contributed by atoms with Crippen molar-refractivity contribution in [3.05, 3.63) is 29.3 Å². The largest absolute Gasteiger partial charge is 0.456 e. The third kappa shape index (κ3) is 3.15. The van der Waals surface area contributed by atoms with Gasteiger partial charge in [-0.25, -0.2) is 13.6 Å². The van der Waals surface area contributed by atoms with E-state index in [-0.39, 0.29) is 5.69 Å². The molecule has 116 valence electrons. The summed E-state index contributed by atoms with van der Waals surface area (Å²) in [7, 11) is 0. The van der Waals surface area contributed by atoms with Crippen LogP contribution in [0.3, 0.4) is 0 Å². The van der Waals surface area contributed by atoms with E-state index in [1.165, 1.54) is 0 Å². The Morgan fingerprint density at radius 3 is 2.43 bits per heavy atom. The maximum absolute atomic E-state index is 13.7. The summed E-state index contributed by atoms with van der Waals surface area (Å²) in [4.78, 5) is 12.1. The average Bonchev–Trinajstić information content (AvgIpc) is 2.51. The lowest BCUT2D eigenvalue weighted by Crippen LogP contribution is -2.36. The van der Waals surface area contributed by atoms with Crippen molar-refractivity contribution < 1.29 is 23.0 Å². The van der Waals surface area contributed by atoms with Gasteiger partial charge in [-0.2, -0.15) is 0 Å². The zero-order chi connectivity index (χ0) is 16.0. The third-order valence-corrected chi connectivity index (χ3v) is 3.55. The Kier molecular flexibility index (Phi) is 3.70. The lowest BCUT2D eigenvalue weighted by molar-refractivity contribution is -0.0925. The van der Waals surface area contributed by atoms with Crippen LogP contribution in [0.5, 0.6) is 0 Å². The van der Waals surface area contributed by atoms with Crippen molar-refractivity contribution in [1.29, 1.82) is 0 Å². The van der Waals surface area contributed by atoms with E-state index in [4.69, 9.17) is 15.2 Å². The molecule has 1 fully saturated rings. The molecule has 2 N–H and O–H groups in total. The highest BCUT2D eigenvalue weighted by Crippen LogP contribution is 2.39. The Bertz CT molecular complexity index is 585. The SMILES string of the molecule is CC1(C)CC(OC(=O)c2cc(F)c(N)cc2F)C(C)(C)O1. The maximum Gasteiger partial charge on any atom is 0.341 e. The number of anilines is 1. The van der Waals surface area contributed by atoms with Crippen LogP contribution in [0.25, 0.3) is 0 Å². The van der Waals surface area contributed by atoms with Crippen molar-refractivity contribution in [2.45, 2.75) is 51.4 Å². The molecule has 1 atom stereocenters. The lowest BCUT2D eigenvalue weighted by Gasteiger charge is -2.26. The van der Waals surface area contributed by atoms with Crippen LogP contribution in [0.2, 0.25) is 0 Å². The van der Waals surface area contributed by atoms with Crippen LogP contribution in [0, 0.1) is 11.6 Å². The molecule has 0 aliphatic carbocycles. The number of esters is 1. The molecular formula is C15H19F2NO3. The number of hydrogen-bond acceptors (Lipinski definition) is 4. The second-order valence-corrected chi connectivity index (χ2v) is 6.42. The van der Waals surface area contributed by atoms with Crippen molar-refractivity contribution in [3.8, 4) is 0 Å². The monoisotopic (exact) mass is 299 g/mol. The van der Waals surface area contributed by atoms with E-state index in [0.29, 0.717) is 6.42 Å². The van der Waals surface area contributed by atoms with Crippen LogP contribution in [0.15, 0.2) is 12.1 Å². The molecule has 21 heavy (non-hydrogen) atoms. The van der Waals surface area contributed by atoms with Gasteiger partial charge in [0.2, 0.25) is 0 Å². The zero-order valence-electron chi connectivity index (χ0n) is 12.5. The fourth-order valence-electron chi connectivity index (χ4n) is 2.61. The summed E-state index contributed by atoms with van der Waals surface area (Å²) in [6.07, 6.45) is -0.0647. The fraction of sp³-hybridized carbons (Fsp3) is 0.533. The summed E-state index contributed by atoms with van der Waals surface area (Å²) in [5.74, 6) is -2.69. The van der Waals surface area contributed by atoms with Gasteiger partial charge in [0.1, 0.15) is 23.3 Å². The van der Waals surface area contributed by atoms with Gasteiger partial charge in [-0.15, -0.1) is 0 Å². The van der Waals surface area contributed by atoms with Gasteiger partial charge in [0.25, 0.3) is 0 Å². The Balaban J connectivity index is 2.21. The van der Waals surface area contributed by atoms with E-state index < -0.39 is 40.5 Å². The molecule has 1 unspecified atom stereocenters. The minimum absolute atomic E-state index is 0.352. The first-order valence-electron chi connectivity index (χ1n) is 6.67. The molecular weight excluding hydrogens is 280 g/mol. The van der Waals surface area contributed by atoms with E-state index in [9.17, 15) is 13.6 Å². The first-order valence-corrected chi connectivity index (χ1v) is 6.67. The number of carbonyl (C=O) groups excluding carboxylic acids is 1. The van der Waals surface area contributed by atoms with Crippen LogP contribution in [0.4, 0.5) is 14.5 Å². The van der Waals surface area contributed by atoms with Crippen LogP contribution < -0.4 is 5.73 Å². The number of benzene rings is 1. The quantitative estimate of drug-likeness (QED) is 0.673. The number of ether oxygens (including phenoxy) is 2. The summed E-state index contributed by atoms with van der Waals surface area (Å²) < 4.78 is 38.2. The van der Waals surface area contributed by atoms with Gasteiger partial charge in [0.05, 0.1) is 16.9 Å². The van der Waals surface area contributed by atoms with Crippen LogP contribution in [0.1, 0.15) is 44.5 Å². The van der Waals surface area contributed by atoms with Crippen LogP contribution >= 0.6 is 0 Å². The molecule has 0 saturated carbocycles. The molecule has 0 aromatic heterocycles. The summed E-state index contributed by atoms with van der Waals surface area (Å²) in [6, 6.07) is 1.52. The van der Waals surface area contributed by atoms with Crippen molar-refractivity contribution in [2.75, 3.05) is 5.73 Å². The molecule has 0 spiro atoms. The van der Waals surface area contributed by atoms with E-state index in [2.05, 4.69) is 0 Å². The average molecular weight is 299 g/mol. The van der Waals surface area contributed by atoms with Gasteiger partial charge in [-0.3, -0.25) is 0 Å². The van der Waals surface area contributed by atoms with Crippen molar-refractivity contribution in [3.63, 3.8) is 0 Å². The highest BCUT2D eigenvalue weighted by molar-refractivity contribution is 5.90. The molecule has 2 rings (SSSR count). The Labute approximate surface area is 122 Å². The number of rotatable bonds is 2. The van der Waals surface area contributed by atoms with Gasteiger partial charge in [-0.1, -0.05) is 0 Å². The van der Waals surface area contributed by atoms with Gasteiger partial charge in [0, 0.05) is 12.5 Å². The topological polar surface area (TPSA) is 61.5 Å². The molecule has 0 bridgehead atoms. The first kappa shape index (κ1) is 15.7. The molecule has 1 aliphatic heterocycles. The zero-order valence-corrected chi connectivity index (χ0v) is 12.5. The number of hydrogen-bond donors (Lipinski definition) is 1. The van der Waals surface area contributed by atoms with Crippen LogP contribution in [-0.2, 0) is 9.47 Å². The van der Waals surface area contributed by atoms with Crippen LogP contribution in [-0.4, -0.2) is 23.3 Å². The number of carbonyl (C=O) groups is 1. The Morgan fingerprint density at radius 2 is 1.90 bits per heavy atom. The molecule has 1 heterocycles. The predicted molar refractivity (Wildman–Crippen MR) is 73.8 cm³/mol. The minimum atomic E-state index is -0.925. The highest BCUT2D eigenvalue weighted by atomic mass is 19.1. The molecule has 1 aliphatic rings. The lowest BCUT2D eigenvalue weighted by atomic mass is 9.97. The predicted octanol–water partition coefficient (Wildman–Crippen LogP) is 3.05. The van der Waals surface area contributed by atoms with Crippen molar-refractivity contribution >= 4 is 11.7 Å². The number of nitrogen functional groups attached to an aromatic ring is 1. The molecule has 1 aromatic rings. The fourth-order valence-corrected chi connectivity index (χ4v) is 2.61. The summed E-state index contributed by atoms with van der Waals surface area (Å²) >= 11 is 0. The normalized spacial score (nSPS) is 23.0. The summed E-state index contributed by atoms with van der Waals surface area (Å²) in [5, 5.41) is 0. The standard InChI is InChI=1S/C15H19F2NO3/c1-14(2)7-12(15(3,4)21-14)20-13(19)8-5-10(17)11(18)6-9(8)16/h5-6,12H,7,18H2,1-4H3. The maximum atomic E-state index is 13.7. The minimum Gasteiger partial charge on any atom is -0.456 e. The van der Waals surface area contributed by atoms with Crippen molar-refractivity contribution in [1.82, 2.24) is 0 Å². The molecule has 0 radical (unpaired) electrons. The third-order valence-electron chi connectivity index (χ3n) is 3.55. The van der Waals surface area contributed by atoms with Gasteiger partial charge < -0.3 is 15.2 Å². The van der Waals surface area contributed by atoms with E-state index in [0.717, 1.165) is 12.1 Å². The molecule has 0 amide bonds. The molecule has 6 heteroatoms. The van der Waals surface area contributed by atoms with Gasteiger partial charge >= 0.3 is 5.97 Å². The summed E-state index contributed by atoms with van der Waals surface area (Å²) in [5.41, 5.74) is 3.28. The van der Waals surface area contributed by atoms with Gasteiger partial charge in [0.15, 0.2) is 0 Å².